The summed E-state index contributed by atoms with van der Waals surface area (Å²) in [6, 6.07) is 49.7. The molecule has 0 amide bonds. The summed E-state index contributed by atoms with van der Waals surface area (Å²) in [6.45, 7) is 0. The topological polar surface area (TPSA) is 38.0 Å². The Hall–Kier alpha value is -6.58. The lowest BCUT2D eigenvalue weighted by Gasteiger charge is -2.12. The highest BCUT2D eigenvalue weighted by Gasteiger charge is 2.12. The number of anilines is 3. The fourth-order valence-corrected chi connectivity index (χ4v) is 6.05. The van der Waals surface area contributed by atoms with Crippen LogP contribution in [-0.4, -0.2) is 0 Å². The van der Waals surface area contributed by atoms with E-state index in [4.69, 9.17) is 5.73 Å². The van der Waals surface area contributed by atoms with Crippen LogP contribution in [0.4, 0.5) is 43.4 Å². The van der Waals surface area contributed by atoms with Gasteiger partial charge < -0.3 is 11.1 Å². The van der Waals surface area contributed by atoms with E-state index in [1.807, 2.05) is 60.7 Å². The number of benzene rings is 8. The molecule has 2 nitrogen and oxygen atoms in total. The van der Waals surface area contributed by atoms with Crippen molar-refractivity contribution in [3.63, 3.8) is 0 Å². The fraction of sp³-hybridized carbons (Fsp3) is 0. The standard InChI is InChI=1S/C24H16F3N.C18H13F2N.C6H4BrF/c25-20-8-4-5-9-23(20)28-24-15-18(11-13-21(24)26)17-10-12-19(22(27)14-17)16-6-2-1-3-7-16;19-16-9-7-14(11-18(16)21)13-6-8-15(17(20)10-13)12-4-2-1-3-5-12;7-5-3-1-2-4-6(5)8/h1-15,28H;1-11H,21H2;1-4H. The van der Waals surface area contributed by atoms with Crippen molar-refractivity contribution >= 4 is 33.0 Å². The molecule has 9 heteroatoms. The second kappa shape index (κ2) is 18.8. The summed E-state index contributed by atoms with van der Waals surface area (Å²) in [5.74, 6) is -2.37. The van der Waals surface area contributed by atoms with Crippen LogP contribution in [0.5, 0.6) is 0 Å². The maximum absolute atomic E-state index is 14.7. The van der Waals surface area contributed by atoms with Gasteiger partial charge in [-0.2, -0.15) is 0 Å². The summed E-state index contributed by atoms with van der Waals surface area (Å²) in [5, 5.41) is 2.76. The first-order chi connectivity index (χ1) is 27.6. The average Bonchev–Trinajstić information content (AvgIpc) is 3.23. The number of nitrogens with two attached hydrogens (primary N) is 1. The molecule has 0 aromatic heterocycles. The van der Waals surface area contributed by atoms with Gasteiger partial charge in [0.2, 0.25) is 0 Å². The first-order valence-electron chi connectivity index (χ1n) is 17.5. The van der Waals surface area contributed by atoms with E-state index in [9.17, 15) is 26.3 Å². The largest absolute Gasteiger partial charge is 0.396 e. The highest BCUT2D eigenvalue weighted by molar-refractivity contribution is 9.10. The van der Waals surface area contributed by atoms with Crippen molar-refractivity contribution in [1.29, 1.82) is 0 Å². The molecule has 0 heterocycles. The molecule has 0 radical (unpaired) electrons. The molecule has 3 N–H and O–H groups in total. The smallest absolute Gasteiger partial charge is 0.146 e. The highest BCUT2D eigenvalue weighted by Crippen LogP contribution is 2.32. The summed E-state index contributed by atoms with van der Waals surface area (Å²) >= 11 is 3.02. The summed E-state index contributed by atoms with van der Waals surface area (Å²) < 4.78 is 83.0. The molecular weight excluding hydrogens is 798 g/mol. The van der Waals surface area contributed by atoms with Gasteiger partial charge in [0.25, 0.3) is 0 Å². The van der Waals surface area contributed by atoms with Gasteiger partial charge in [-0.25, -0.2) is 26.3 Å². The van der Waals surface area contributed by atoms with E-state index in [0.717, 1.165) is 11.1 Å². The Balaban J connectivity index is 0.000000166. The number of nitrogen functional groups attached to an aromatic ring is 1. The van der Waals surface area contributed by atoms with Gasteiger partial charge in [-0.15, -0.1) is 0 Å². The van der Waals surface area contributed by atoms with Gasteiger partial charge in [-0.05, 0) is 110 Å². The van der Waals surface area contributed by atoms with E-state index in [0.29, 0.717) is 37.9 Å². The molecule has 0 bridgehead atoms. The Morgan fingerprint density at radius 2 is 0.754 bits per heavy atom. The van der Waals surface area contributed by atoms with E-state index in [2.05, 4.69) is 21.2 Å². The number of nitrogens with one attached hydrogen (secondary N) is 1. The Bertz CT molecular complexity index is 2580. The predicted octanol–water partition coefficient (Wildman–Crippen LogP) is 14.7. The highest BCUT2D eigenvalue weighted by atomic mass is 79.9. The molecule has 0 saturated carbocycles. The molecule has 0 aliphatic carbocycles. The molecule has 0 spiro atoms. The summed E-state index contributed by atoms with van der Waals surface area (Å²) in [7, 11) is 0. The number of hydrogen-bond donors (Lipinski definition) is 2. The quantitative estimate of drug-likeness (QED) is 0.129. The Morgan fingerprint density at radius 1 is 0.333 bits per heavy atom. The average molecular weight is 832 g/mol. The van der Waals surface area contributed by atoms with Crippen molar-refractivity contribution in [2.24, 2.45) is 0 Å². The van der Waals surface area contributed by atoms with Crippen LogP contribution in [0, 0.1) is 34.9 Å². The van der Waals surface area contributed by atoms with Gasteiger partial charge in [0, 0.05) is 11.1 Å². The number of rotatable bonds is 6. The molecule has 0 unspecified atom stereocenters. The fourth-order valence-electron chi connectivity index (χ4n) is 5.76. The van der Waals surface area contributed by atoms with Gasteiger partial charge in [0.1, 0.15) is 34.9 Å². The molecular formula is C48H33BrF6N2. The van der Waals surface area contributed by atoms with Crippen molar-refractivity contribution < 1.29 is 26.3 Å². The lowest BCUT2D eigenvalue weighted by atomic mass is 9.99. The van der Waals surface area contributed by atoms with Crippen LogP contribution in [-0.2, 0) is 0 Å². The zero-order valence-electron chi connectivity index (χ0n) is 30.0. The lowest BCUT2D eigenvalue weighted by molar-refractivity contribution is 0.621. The maximum atomic E-state index is 14.7. The molecule has 8 aromatic carbocycles. The van der Waals surface area contributed by atoms with Gasteiger partial charge in [0.15, 0.2) is 0 Å². The minimum Gasteiger partial charge on any atom is -0.396 e. The van der Waals surface area contributed by atoms with E-state index in [1.54, 1.807) is 72.8 Å². The number of halogens is 7. The van der Waals surface area contributed by atoms with Gasteiger partial charge in [-0.3, -0.25) is 0 Å². The molecule has 0 aliphatic rings. The summed E-state index contributed by atoms with van der Waals surface area (Å²) in [4.78, 5) is 0. The molecule has 0 aliphatic heterocycles. The van der Waals surface area contributed by atoms with Crippen molar-refractivity contribution in [3.05, 3.63) is 221 Å². The van der Waals surface area contributed by atoms with Crippen LogP contribution < -0.4 is 11.1 Å². The van der Waals surface area contributed by atoms with Crippen LogP contribution in [0.1, 0.15) is 0 Å². The van der Waals surface area contributed by atoms with Gasteiger partial charge >= 0.3 is 0 Å². The SMILES string of the molecule is Fc1ccccc1Br.Fc1ccccc1Nc1cc(-c2ccc(-c3ccccc3)c(F)c2)ccc1F.Nc1cc(-c2ccc(-c3ccccc3)c(F)c2)ccc1F. The molecule has 284 valence electrons. The van der Waals surface area contributed by atoms with E-state index in [1.165, 1.54) is 48.5 Å². The molecule has 0 fully saturated rings. The Labute approximate surface area is 335 Å². The predicted molar refractivity (Wildman–Crippen MR) is 223 cm³/mol. The van der Waals surface area contributed by atoms with Crippen molar-refractivity contribution in [2.45, 2.75) is 0 Å². The van der Waals surface area contributed by atoms with E-state index < -0.39 is 17.5 Å². The normalized spacial score (nSPS) is 10.4. The molecule has 0 atom stereocenters. The van der Waals surface area contributed by atoms with Crippen molar-refractivity contribution in [3.8, 4) is 44.5 Å². The zero-order valence-corrected chi connectivity index (χ0v) is 31.6. The molecule has 8 rings (SSSR count). The third kappa shape index (κ3) is 10.4. The summed E-state index contributed by atoms with van der Waals surface area (Å²) in [5.41, 5.74) is 11.1. The Morgan fingerprint density at radius 3 is 1.23 bits per heavy atom. The van der Waals surface area contributed by atoms with Crippen LogP contribution >= 0.6 is 15.9 Å². The lowest BCUT2D eigenvalue weighted by Crippen LogP contribution is -1.97. The third-order valence-corrected chi connectivity index (χ3v) is 9.35. The monoisotopic (exact) mass is 830 g/mol. The third-order valence-electron chi connectivity index (χ3n) is 8.70. The van der Waals surface area contributed by atoms with E-state index >= 15 is 0 Å². The van der Waals surface area contributed by atoms with Crippen LogP contribution in [0.25, 0.3) is 44.5 Å². The van der Waals surface area contributed by atoms with Gasteiger partial charge in [0.05, 0.1) is 21.5 Å². The van der Waals surface area contributed by atoms with Crippen LogP contribution in [0.3, 0.4) is 0 Å². The van der Waals surface area contributed by atoms with Crippen LogP contribution in [0.2, 0.25) is 0 Å². The minimum atomic E-state index is -0.520. The zero-order chi connectivity index (χ0) is 40.3. The second-order valence-electron chi connectivity index (χ2n) is 12.6. The number of para-hydroxylation sites is 1. The first kappa shape index (κ1) is 40.1. The van der Waals surface area contributed by atoms with E-state index in [-0.39, 0.29) is 34.5 Å². The number of hydrogen-bond acceptors (Lipinski definition) is 2. The maximum Gasteiger partial charge on any atom is 0.146 e. The van der Waals surface area contributed by atoms with Crippen LogP contribution in [0.15, 0.2) is 186 Å². The molecule has 8 aromatic rings. The summed E-state index contributed by atoms with van der Waals surface area (Å²) in [6.07, 6.45) is 0. The Kier molecular flexibility index (Phi) is 13.3. The minimum absolute atomic E-state index is 0.0556. The van der Waals surface area contributed by atoms with Crippen molar-refractivity contribution in [1.82, 2.24) is 0 Å². The molecule has 0 saturated heterocycles. The second-order valence-corrected chi connectivity index (χ2v) is 13.4. The first-order valence-corrected chi connectivity index (χ1v) is 18.3. The molecule has 57 heavy (non-hydrogen) atoms. The van der Waals surface area contributed by atoms with Crippen molar-refractivity contribution in [2.75, 3.05) is 11.1 Å². The van der Waals surface area contributed by atoms with Gasteiger partial charge in [-0.1, -0.05) is 121 Å².